The van der Waals surface area contributed by atoms with E-state index in [1.54, 1.807) is 31.4 Å². The number of aryl methyl sites for hydroxylation is 2. The van der Waals surface area contributed by atoms with Crippen molar-refractivity contribution in [1.82, 2.24) is 0 Å². The number of hydrogen-bond acceptors (Lipinski definition) is 6. The number of nitro benzene ring substituents is 1. The van der Waals surface area contributed by atoms with Gasteiger partial charge in [-0.05, 0) is 61.4 Å². The fourth-order valence-corrected chi connectivity index (χ4v) is 3.67. The molecule has 6 nitrogen and oxygen atoms in total. The first-order valence-corrected chi connectivity index (χ1v) is 10.0. The first-order valence-electron chi connectivity index (χ1n) is 9.21. The number of ether oxygens (including phenoxy) is 2. The van der Waals surface area contributed by atoms with Gasteiger partial charge in [-0.1, -0.05) is 18.2 Å². The number of hydrogen-bond donors (Lipinski definition) is 0. The Morgan fingerprint density at radius 3 is 2.57 bits per heavy atom. The molecule has 0 bridgehead atoms. The first kappa shape index (κ1) is 21.3. The lowest BCUT2D eigenvalue weighted by atomic mass is 10.1. The molecule has 0 fully saturated rings. The van der Waals surface area contributed by atoms with E-state index in [1.165, 1.54) is 23.5 Å². The maximum Gasteiger partial charge on any atom is 0.310 e. The van der Waals surface area contributed by atoms with E-state index in [2.05, 4.69) is 0 Å². The Morgan fingerprint density at radius 1 is 1.10 bits per heavy atom. The SMILES string of the molecule is COc1ccc(/C=C/C(=O)c2ccc(C)s2)cc1COc1cc(C)ccc1[N+](=O)[O-]. The van der Waals surface area contributed by atoms with Crippen molar-refractivity contribution in [3.05, 3.63) is 91.2 Å². The molecule has 2 aromatic carbocycles. The number of rotatable bonds is 8. The highest BCUT2D eigenvalue weighted by atomic mass is 32.1. The summed E-state index contributed by atoms with van der Waals surface area (Å²) in [6, 6.07) is 13.9. The molecule has 30 heavy (non-hydrogen) atoms. The molecule has 7 heteroatoms. The van der Waals surface area contributed by atoms with Crippen molar-refractivity contribution < 1.29 is 19.2 Å². The topological polar surface area (TPSA) is 78.7 Å². The summed E-state index contributed by atoms with van der Waals surface area (Å²) in [7, 11) is 1.55. The summed E-state index contributed by atoms with van der Waals surface area (Å²) in [5, 5.41) is 11.2. The molecule has 0 unspecified atom stereocenters. The van der Waals surface area contributed by atoms with E-state index in [4.69, 9.17) is 9.47 Å². The molecule has 0 spiro atoms. The average molecular weight is 423 g/mol. The zero-order chi connectivity index (χ0) is 21.7. The van der Waals surface area contributed by atoms with Crippen LogP contribution in [-0.2, 0) is 6.61 Å². The summed E-state index contributed by atoms with van der Waals surface area (Å²) < 4.78 is 11.1. The van der Waals surface area contributed by atoms with E-state index in [0.29, 0.717) is 10.6 Å². The first-order chi connectivity index (χ1) is 14.4. The van der Waals surface area contributed by atoms with Gasteiger partial charge in [0.2, 0.25) is 0 Å². The van der Waals surface area contributed by atoms with Crippen LogP contribution in [0.4, 0.5) is 5.69 Å². The molecule has 0 aliphatic heterocycles. The van der Waals surface area contributed by atoms with Crippen LogP contribution in [0.3, 0.4) is 0 Å². The van der Waals surface area contributed by atoms with E-state index in [0.717, 1.165) is 21.6 Å². The summed E-state index contributed by atoms with van der Waals surface area (Å²) in [4.78, 5) is 24.8. The van der Waals surface area contributed by atoms with E-state index in [-0.39, 0.29) is 23.8 Å². The fraction of sp³-hybridized carbons (Fsp3) is 0.174. The summed E-state index contributed by atoms with van der Waals surface area (Å²) >= 11 is 1.45. The van der Waals surface area contributed by atoms with Gasteiger partial charge in [-0.25, -0.2) is 0 Å². The number of benzene rings is 2. The van der Waals surface area contributed by atoms with Crippen molar-refractivity contribution in [3.8, 4) is 11.5 Å². The molecule has 154 valence electrons. The minimum atomic E-state index is -0.469. The van der Waals surface area contributed by atoms with Gasteiger partial charge in [-0.15, -0.1) is 11.3 Å². The predicted molar refractivity (Wildman–Crippen MR) is 118 cm³/mol. The summed E-state index contributed by atoms with van der Waals surface area (Å²) in [6.07, 6.45) is 3.26. The second kappa shape index (κ2) is 9.37. The Balaban J connectivity index is 1.80. The molecule has 0 amide bonds. The maximum atomic E-state index is 12.3. The normalized spacial score (nSPS) is 10.9. The van der Waals surface area contributed by atoms with Crippen molar-refractivity contribution in [3.63, 3.8) is 0 Å². The number of nitrogens with zero attached hydrogens (tertiary/aromatic N) is 1. The van der Waals surface area contributed by atoms with Crippen LogP contribution >= 0.6 is 11.3 Å². The zero-order valence-electron chi connectivity index (χ0n) is 16.9. The number of carbonyl (C=O) groups excluding carboxylic acids is 1. The van der Waals surface area contributed by atoms with Crippen molar-refractivity contribution >= 4 is 28.9 Å². The zero-order valence-corrected chi connectivity index (χ0v) is 17.7. The second-order valence-corrected chi connectivity index (χ2v) is 7.98. The Morgan fingerprint density at radius 2 is 1.90 bits per heavy atom. The van der Waals surface area contributed by atoms with Crippen molar-refractivity contribution in [2.45, 2.75) is 20.5 Å². The minimum Gasteiger partial charge on any atom is -0.496 e. The predicted octanol–water partition coefficient (Wildman–Crippen LogP) is 5.76. The van der Waals surface area contributed by atoms with Gasteiger partial charge in [-0.2, -0.15) is 0 Å². The Hall–Kier alpha value is -3.45. The maximum absolute atomic E-state index is 12.3. The molecule has 0 aliphatic carbocycles. The van der Waals surface area contributed by atoms with Gasteiger partial charge < -0.3 is 9.47 Å². The molecule has 1 heterocycles. The molecular weight excluding hydrogens is 402 g/mol. The molecule has 0 radical (unpaired) electrons. The van der Waals surface area contributed by atoms with Crippen LogP contribution in [0.5, 0.6) is 11.5 Å². The van der Waals surface area contributed by atoms with Crippen LogP contribution in [-0.4, -0.2) is 17.8 Å². The van der Waals surface area contributed by atoms with Gasteiger partial charge >= 0.3 is 5.69 Å². The van der Waals surface area contributed by atoms with E-state index in [9.17, 15) is 14.9 Å². The summed E-state index contributed by atoms with van der Waals surface area (Å²) in [6.45, 7) is 3.89. The third-order valence-corrected chi connectivity index (χ3v) is 5.43. The molecule has 0 aliphatic rings. The van der Waals surface area contributed by atoms with Crippen molar-refractivity contribution in [2.24, 2.45) is 0 Å². The van der Waals surface area contributed by atoms with Gasteiger partial charge in [0.15, 0.2) is 11.5 Å². The van der Waals surface area contributed by atoms with Crippen LogP contribution in [0.15, 0.2) is 54.6 Å². The smallest absolute Gasteiger partial charge is 0.310 e. The number of thiophene rings is 1. The Bertz CT molecular complexity index is 1120. The van der Waals surface area contributed by atoms with Crippen LogP contribution in [0.1, 0.15) is 31.2 Å². The highest BCUT2D eigenvalue weighted by Gasteiger charge is 2.16. The van der Waals surface area contributed by atoms with E-state index in [1.807, 2.05) is 38.1 Å². The number of nitro groups is 1. The van der Waals surface area contributed by atoms with Gasteiger partial charge in [0.05, 0.1) is 16.9 Å². The number of allylic oxidation sites excluding steroid dienone is 1. The van der Waals surface area contributed by atoms with Gasteiger partial charge in [-0.3, -0.25) is 14.9 Å². The van der Waals surface area contributed by atoms with Crippen LogP contribution in [0, 0.1) is 24.0 Å². The van der Waals surface area contributed by atoms with Gasteiger partial charge in [0.25, 0.3) is 0 Å². The quantitative estimate of drug-likeness (QED) is 0.199. The number of ketones is 1. The molecular formula is C23H21NO5S. The van der Waals surface area contributed by atoms with Gasteiger partial charge in [0, 0.05) is 16.5 Å². The fourth-order valence-electron chi connectivity index (χ4n) is 2.88. The largest absolute Gasteiger partial charge is 0.496 e. The van der Waals surface area contributed by atoms with Crippen molar-refractivity contribution in [2.75, 3.05) is 7.11 Å². The Kier molecular flexibility index (Phi) is 6.64. The van der Waals surface area contributed by atoms with Crippen LogP contribution in [0.2, 0.25) is 0 Å². The van der Waals surface area contributed by atoms with E-state index < -0.39 is 4.92 Å². The Labute approximate surface area is 178 Å². The molecule has 1 aromatic heterocycles. The summed E-state index contributed by atoms with van der Waals surface area (Å²) in [5.74, 6) is 0.742. The molecule has 3 aromatic rings. The number of carbonyl (C=O) groups is 1. The van der Waals surface area contributed by atoms with Crippen LogP contribution < -0.4 is 9.47 Å². The third kappa shape index (κ3) is 5.12. The lowest BCUT2D eigenvalue weighted by molar-refractivity contribution is -0.386. The second-order valence-electron chi connectivity index (χ2n) is 6.70. The molecule has 0 saturated carbocycles. The lowest BCUT2D eigenvalue weighted by Crippen LogP contribution is -2.02. The third-order valence-electron chi connectivity index (χ3n) is 4.41. The van der Waals surface area contributed by atoms with Crippen LogP contribution in [0.25, 0.3) is 6.08 Å². The highest BCUT2D eigenvalue weighted by Crippen LogP contribution is 2.30. The van der Waals surface area contributed by atoms with E-state index >= 15 is 0 Å². The molecule has 0 N–H and O–H groups in total. The monoisotopic (exact) mass is 423 g/mol. The highest BCUT2D eigenvalue weighted by molar-refractivity contribution is 7.14. The average Bonchev–Trinajstić information content (AvgIpc) is 3.16. The van der Waals surface area contributed by atoms with Gasteiger partial charge in [0.1, 0.15) is 12.4 Å². The minimum absolute atomic E-state index is 0.0582. The molecule has 0 atom stereocenters. The standard InChI is InChI=1S/C23H21NO5S/c1-15-4-8-19(24(26)27)22(12-15)29-14-18-13-17(7-10-21(18)28-3)6-9-20(25)23-11-5-16(2)30-23/h4-13H,14H2,1-3H3/b9-6+. The molecule has 3 rings (SSSR count). The lowest BCUT2D eigenvalue weighted by Gasteiger charge is -2.12. The van der Waals surface area contributed by atoms with Crippen molar-refractivity contribution in [1.29, 1.82) is 0 Å². The summed E-state index contributed by atoms with van der Waals surface area (Å²) in [5.41, 5.74) is 2.29. The number of methoxy groups -OCH3 is 1. The molecule has 0 saturated heterocycles.